The van der Waals surface area contributed by atoms with Gasteiger partial charge in [-0.25, -0.2) is 0 Å². The van der Waals surface area contributed by atoms with Crippen LogP contribution in [0.15, 0.2) is 24.3 Å². The molecule has 2 N–H and O–H groups in total. The first kappa shape index (κ1) is 14.4. The zero-order valence-corrected chi connectivity index (χ0v) is 11.4. The molecule has 0 unspecified atom stereocenters. The fourth-order valence-corrected chi connectivity index (χ4v) is 1.43. The third kappa shape index (κ3) is 4.00. The highest BCUT2D eigenvalue weighted by Gasteiger charge is 2.11. The Morgan fingerprint density at radius 1 is 1.24 bits per heavy atom. The second-order valence-electron chi connectivity index (χ2n) is 4.28. The van der Waals surface area contributed by atoms with Crippen LogP contribution in [0.5, 0.6) is 17.8 Å². The molecule has 0 spiro atoms. The SMILES string of the molecule is CC(C)Oc1nc(N)nc(Oc2cccc([N+](=O)[O-])c2)n1. The van der Waals surface area contributed by atoms with E-state index >= 15 is 0 Å². The number of non-ortho nitro benzene ring substituents is 1. The molecule has 0 saturated carbocycles. The van der Waals surface area contributed by atoms with E-state index in [0.717, 1.165) is 0 Å². The lowest BCUT2D eigenvalue weighted by atomic mass is 10.3. The Morgan fingerprint density at radius 2 is 1.95 bits per heavy atom. The smallest absolute Gasteiger partial charge is 0.330 e. The Bertz CT molecular complexity index is 662. The summed E-state index contributed by atoms with van der Waals surface area (Å²) in [6, 6.07) is 5.56. The number of anilines is 1. The number of nitro groups is 1. The highest BCUT2D eigenvalue weighted by Crippen LogP contribution is 2.24. The molecular formula is C12H13N5O4. The van der Waals surface area contributed by atoms with Crippen molar-refractivity contribution in [1.82, 2.24) is 15.0 Å². The van der Waals surface area contributed by atoms with Crippen molar-refractivity contribution >= 4 is 11.6 Å². The monoisotopic (exact) mass is 291 g/mol. The van der Waals surface area contributed by atoms with Gasteiger partial charge in [0.15, 0.2) is 0 Å². The second kappa shape index (κ2) is 5.99. The fraction of sp³-hybridized carbons (Fsp3) is 0.250. The first-order valence-electron chi connectivity index (χ1n) is 6.04. The standard InChI is InChI=1S/C12H13N5O4/c1-7(2)20-11-14-10(13)15-12(16-11)21-9-5-3-4-8(6-9)17(18)19/h3-7H,1-2H3,(H2,13,14,15,16). The molecule has 1 aromatic carbocycles. The Hall–Kier alpha value is -2.97. The minimum atomic E-state index is -0.526. The lowest BCUT2D eigenvalue weighted by Gasteiger charge is -2.09. The molecule has 0 atom stereocenters. The predicted molar refractivity (Wildman–Crippen MR) is 73.2 cm³/mol. The third-order valence-corrected chi connectivity index (χ3v) is 2.19. The quantitative estimate of drug-likeness (QED) is 0.654. The molecule has 0 bridgehead atoms. The normalized spacial score (nSPS) is 10.4. The lowest BCUT2D eigenvalue weighted by molar-refractivity contribution is -0.384. The van der Waals surface area contributed by atoms with Crippen molar-refractivity contribution in [3.63, 3.8) is 0 Å². The van der Waals surface area contributed by atoms with E-state index in [-0.39, 0.29) is 35.5 Å². The van der Waals surface area contributed by atoms with Gasteiger partial charge >= 0.3 is 12.0 Å². The van der Waals surface area contributed by atoms with Crippen LogP contribution < -0.4 is 15.2 Å². The summed E-state index contributed by atoms with van der Waals surface area (Å²) < 4.78 is 10.7. The molecule has 21 heavy (non-hydrogen) atoms. The first-order valence-corrected chi connectivity index (χ1v) is 6.04. The van der Waals surface area contributed by atoms with Crippen LogP contribution in [0.3, 0.4) is 0 Å². The lowest BCUT2D eigenvalue weighted by Crippen LogP contribution is -2.11. The zero-order valence-electron chi connectivity index (χ0n) is 11.4. The summed E-state index contributed by atoms with van der Waals surface area (Å²) in [4.78, 5) is 21.7. The van der Waals surface area contributed by atoms with E-state index in [1.165, 1.54) is 24.3 Å². The molecule has 2 aromatic rings. The maximum atomic E-state index is 10.7. The first-order chi connectivity index (χ1) is 9.94. The van der Waals surface area contributed by atoms with Gasteiger partial charge < -0.3 is 15.2 Å². The average Bonchev–Trinajstić information content (AvgIpc) is 2.37. The summed E-state index contributed by atoms with van der Waals surface area (Å²) >= 11 is 0. The van der Waals surface area contributed by atoms with Crippen molar-refractivity contribution in [2.24, 2.45) is 0 Å². The fourth-order valence-electron chi connectivity index (χ4n) is 1.43. The number of nitrogens with zero attached hydrogens (tertiary/aromatic N) is 4. The van der Waals surface area contributed by atoms with E-state index in [1.807, 2.05) is 0 Å². The van der Waals surface area contributed by atoms with Crippen LogP contribution in [0.4, 0.5) is 11.6 Å². The number of aromatic nitrogens is 3. The summed E-state index contributed by atoms with van der Waals surface area (Å²) in [5.41, 5.74) is 5.43. The van der Waals surface area contributed by atoms with Gasteiger partial charge in [0.05, 0.1) is 17.1 Å². The van der Waals surface area contributed by atoms with Gasteiger partial charge in [-0.2, -0.15) is 9.97 Å². The van der Waals surface area contributed by atoms with Crippen molar-refractivity contribution in [3.05, 3.63) is 34.4 Å². The van der Waals surface area contributed by atoms with Crippen LogP contribution >= 0.6 is 0 Å². The molecule has 0 aliphatic rings. The highest BCUT2D eigenvalue weighted by molar-refractivity contribution is 5.39. The molecule has 2 rings (SSSR count). The molecule has 1 aromatic heterocycles. The van der Waals surface area contributed by atoms with E-state index in [0.29, 0.717) is 0 Å². The number of nitrogens with two attached hydrogens (primary N) is 1. The summed E-state index contributed by atoms with van der Waals surface area (Å²) in [7, 11) is 0. The second-order valence-corrected chi connectivity index (χ2v) is 4.28. The zero-order chi connectivity index (χ0) is 15.4. The van der Waals surface area contributed by atoms with Crippen molar-refractivity contribution in [2.75, 3.05) is 5.73 Å². The number of benzene rings is 1. The molecular weight excluding hydrogens is 278 g/mol. The molecule has 0 saturated heterocycles. The van der Waals surface area contributed by atoms with Gasteiger partial charge in [-0.05, 0) is 19.9 Å². The van der Waals surface area contributed by atoms with Gasteiger partial charge in [0, 0.05) is 6.07 Å². The van der Waals surface area contributed by atoms with Gasteiger partial charge in [0.2, 0.25) is 5.95 Å². The third-order valence-electron chi connectivity index (χ3n) is 2.19. The summed E-state index contributed by atoms with van der Waals surface area (Å²) in [5.74, 6) is 0.145. The van der Waals surface area contributed by atoms with Crippen LogP contribution in [0.2, 0.25) is 0 Å². The Morgan fingerprint density at radius 3 is 2.62 bits per heavy atom. The van der Waals surface area contributed by atoms with E-state index in [1.54, 1.807) is 13.8 Å². The van der Waals surface area contributed by atoms with Crippen LogP contribution in [0, 0.1) is 10.1 Å². The molecule has 0 aliphatic heterocycles. The number of hydrogen-bond acceptors (Lipinski definition) is 8. The van der Waals surface area contributed by atoms with Crippen molar-refractivity contribution < 1.29 is 14.4 Å². The van der Waals surface area contributed by atoms with Crippen LogP contribution in [-0.4, -0.2) is 26.0 Å². The maximum absolute atomic E-state index is 10.7. The summed E-state index contributed by atoms with van der Waals surface area (Å²) in [6.07, 6.45) is -0.141. The minimum Gasteiger partial charge on any atom is -0.461 e. The Labute approximate surface area is 119 Å². The minimum absolute atomic E-state index is 0.0259. The van der Waals surface area contributed by atoms with Crippen LogP contribution in [0.25, 0.3) is 0 Å². The number of nitro benzene ring substituents is 1. The molecule has 0 radical (unpaired) electrons. The Balaban J connectivity index is 2.24. The highest BCUT2D eigenvalue weighted by atomic mass is 16.6. The summed E-state index contributed by atoms with van der Waals surface area (Å²) in [6.45, 7) is 3.61. The van der Waals surface area contributed by atoms with E-state index in [9.17, 15) is 10.1 Å². The van der Waals surface area contributed by atoms with E-state index in [2.05, 4.69) is 15.0 Å². The van der Waals surface area contributed by atoms with Crippen LogP contribution in [-0.2, 0) is 0 Å². The van der Waals surface area contributed by atoms with Crippen LogP contribution in [0.1, 0.15) is 13.8 Å². The molecule has 0 amide bonds. The van der Waals surface area contributed by atoms with Gasteiger partial charge in [-0.15, -0.1) is 4.98 Å². The number of hydrogen-bond donors (Lipinski definition) is 1. The molecule has 0 fully saturated rings. The summed E-state index contributed by atoms with van der Waals surface area (Å²) in [5, 5.41) is 10.7. The van der Waals surface area contributed by atoms with E-state index in [4.69, 9.17) is 15.2 Å². The number of nitrogen functional groups attached to an aromatic ring is 1. The van der Waals surface area contributed by atoms with Gasteiger partial charge in [0.25, 0.3) is 5.69 Å². The van der Waals surface area contributed by atoms with Gasteiger partial charge in [0.1, 0.15) is 5.75 Å². The Kier molecular flexibility index (Phi) is 4.12. The average molecular weight is 291 g/mol. The molecule has 1 heterocycles. The molecule has 0 aliphatic carbocycles. The van der Waals surface area contributed by atoms with Crippen molar-refractivity contribution in [3.8, 4) is 17.8 Å². The van der Waals surface area contributed by atoms with E-state index < -0.39 is 4.92 Å². The predicted octanol–water partition coefficient (Wildman–Crippen LogP) is 1.94. The largest absolute Gasteiger partial charge is 0.461 e. The van der Waals surface area contributed by atoms with Gasteiger partial charge in [-0.1, -0.05) is 6.07 Å². The number of rotatable bonds is 5. The van der Waals surface area contributed by atoms with Gasteiger partial charge in [-0.3, -0.25) is 10.1 Å². The molecule has 110 valence electrons. The molecule has 9 heteroatoms. The number of ether oxygens (including phenoxy) is 2. The topological polar surface area (TPSA) is 126 Å². The van der Waals surface area contributed by atoms with Crippen molar-refractivity contribution in [2.45, 2.75) is 20.0 Å². The van der Waals surface area contributed by atoms with Crippen molar-refractivity contribution in [1.29, 1.82) is 0 Å². The maximum Gasteiger partial charge on any atom is 0.330 e. The molecule has 9 nitrogen and oxygen atoms in total.